The van der Waals surface area contributed by atoms with E-state index in [4.69, 9.17) is 9.47 Å². The third-order valence-electron chi connectivity index (χ3n) is 4.80. The zero-order chi connectivity index (χ0) is 17.0. The summed E-state index contributed by atoms with van der Waals surface area (Å²) in [5.74, 6) is 2.68. The highest BCUT2D eigenvalue weighted by Crippen LogP contribution is 2.38. The molecule has 0 amide bonds. The molecule has 3 atom stereocenters. The second kappa shape index (κ2) is 8.19. The van der Waals surface area contributed by atoms with Crippen LogP contribution in [0.3, 0.4) is 0 Å². The summed E-state index contributed by atoms with van der Waals surface area (Å²) in [6.45, 7) is 14.2. The standard InChI is InChI=1S/C21H34O2/c1-7-16(12-21-19(8-2)23-21)17-9-10-20(22-13-14(3)4)18(11-17)15(5)6/h9-11,14-16,19,21H,7-8,12-13H2,1-6H3. The molecule has 23 heavy (non-hydrogen) atoms. The van der Waals surface area contributed by atoms with E-state index in [0.717, 1.165) is 25.2 Å². The van der Waals surface area contributed by atoms with E-state index in [-0.39, 0.29) is 0 Å². The maximum atomic E-state index is 6.03. The molecule has 0 saturated carbocycles. The summed E-state index contributed by atoms with van der Waals surface area (Å²) in [5, 5.41) is 0. The van der Waals surface area contributed by atoms with E-state index in [0.29, 0.717) is 30.0 Å². The van der Waals surface area contributed by atoms with Crippen LogP contribution in [0.2, 0.25) is 0 Å². The van der Waals surface area contributed by atoms with E-state index in [1.807, 2.05) is 0 Å². The van der Waals surface area contributed by atoms with Gasteiger partial charge in [-0.05, 0) is 54.2 Å². The Morgan fingerprint density at radius 3 is 2.35 bits per heavy atom. The van der Waals surface area contributed by atoms with Gasteiger partial charge >= 0.3 is 0 Å². The molecule has 1 aromatic rings. The fourth-order valence-electron chi connectivity index (χ4n) is 3.22. The first kappa shape index (κ1) is 18.3. The van der Waals surface area contributed by atoms with Crippen LogP contribution in [0.1, 0.15) is 83.8 Å². The number of hydrogen-bond donors (Lipinski definition) is 0. The molecule has 1 fully saturated rings. The lowest BCUT2D eigenvalue weighted by Gasteiger charge is -2.20. The Hall–Kier alpha value is -1.02. The first-order valence-corrected chi connectivity index (χ1v) is 9.38. The molecule has 1 aromatic carbocycles. The van der Waals surface area contributed by atoms with Crippen LogP contribution in [0.5, 0.6) is 5.75 Å². The fourth-order valence-corrected chi connectivity index (χ4v) is 3.22. The van der Waals surface area contributed by atoms with Crippen molar-refractivity contribution in [2.45, 2.75) is 84.8 Å². The Bertz CT molecular complexity index is 493. The minimum atomic E-state index is 0.476. The van der Waals surface area contributed by atoms with Gasteiger partial charge in [-0.3, -0.25) is 0 Å². The molecule has 2 heteroatoms. The quantitative estimate of drug-likeness (QED) is 0.528. The first-order chi connectivity index (χ1) is 11.0. The Labute approximate surface area is 142 Å². The van der Waals surface area contributed by atoms with Crippen molar-refractivity contribution in [1.29, 1.82) is 0 Å². The number of benzene rings is 1. The zero-order valence-corrected chi connectivity index (χ0v) is 15.8. The van der Waals surface area contributed by atoms with Crippen molar-refractivity contribution in [3.05, 3.63) is 29.3 Å². The van der Waals surface area contributed by atoms with E-state index in [2.05, 4.69) is 59.7 Å². The van der Waals surface area contributed by atoms with Gasteiger partial charge in [-0.1, -0.05) is 53.7 Å². The molecular weight excluding hydrogens is 284 g/mol. The van der Waals surface area contributed by atoms with Crippen LogP contribution in [-0.4, -0.2) is 18.8 Å². The Morgan fingerprint density at radius 2 is 1.83 bits per heavy atom. The van der Waals surface area contributed by atoms with Crippen molar-refractivity contribution in [3.8, 4) is 5.75 Å². The molecule has 0 aromatic heterocycles. The average Bonchev–Trinajstić information content (AvgIpc) is 3.28. The zero-order valence-electron chi connectivity index (χ0n) is 15.8. The van der Waals surface area contributed by atoms with Crippen molar-refractivity contribution in [2.24, 2.45) is 5.92 Å². The van der Waals surface area contributed by atoms with Crippen LogP contribution in [0.25, 0.3) is 0 Å². The van der Waals surface area contributed by atoms with Gasteiger partial charge in [0.05, 0.1) is 18.8 Å². The van der Waals surface area contributed by atoms with Crippen molar-refractivity contribution < 1.29 is 9.47 Å². The van der Waals surface area contributed by atoms with E-state index in [9.17, 15) is 0 Å². The van der Waals surface area contributed by atoms with Crippen LogP contribution >= 0.6 is 0 Å². The Kier molecular flexibility index (Phi) is 6.52. The van der Waals surface area contributed by atoms with Crippen LogP contribution in [0.15, 0.2) is 18.2 Å². The predicted molar refractivity (Wildman–Crippen MR) is 97.5 cm³/mol. The van der Waals surface area contributed by atoms with Crippen LogP contribution < -0.4 is 4.74 Å². The smallest absolute Gasteiger partial charge is 0.122 e. The van der Waals surface area contributed by atoms with Crippen molar-refractivity contribution in [2.75, 3.05) is 6.61 Å². The predicted octanol–water partition coefficient (Wildman–Crippen LogP) is 5.91. The molecule has 1 saturated heterocycles. The second-order valence-corrected chi connectivity index (χ2v) is 7.62. The number of ether oxygens (including phenoxy) is 2. The molecule has 1 aliphatic rings. The number of hydrogen-bond acceptors (Lipinski definition) is 2. The summed E-state index contributed by atoms with van der Waals surface area (Å²) in [7, 11) is 0. The summed E-state index contributed by atoms with van der Waals surface area (Å²) in [6.07, 6.45) is 4.44. The van der Waals surface area contributed by atoms with Gasteiger partial charge in [0.25, 0.3) is 0 Å². The van der Waals surface area contributed by atoms with E-state index >= 15 is 0 Å². The minimum absolute atomic E-state index is 0.476. The largest absolute Gasteiger partial charge is 0.493 e. The molecule has 1 heterocycles. The summed E-state index contributed by atoms with van der Waals surface area (Å²) in [4.78, 5) is 0. The highest BCUT2D eigenvalue weighted by molar-refractivity contribution is 5.40. The SMILES string of the molecule is CCC(CC1OC1CC)c1ccc(OCC(C)C)c(C(C)C)c1. The van der Waals surface area contributed by atoms with Crippen molar-refractivity contribution in [3.63, 3.8) is 0 Å². The van der Waals surface area contributed by atoms with Gasteiger partial charge < -0.3 is 9.47 Å². The fraction of sp³-hybridized carbons (Fsp3) is 0.714. The van der Waals surface area contributed by atoms with Gasteiger partial charge in [0.15, 0.2) is 0 Å². The molecule has 1 aliphatic heterocycles. The highest BCUT2D eigenvalue weighted by Gasteiger charge is 2.38. The molecule has 130 valence electrons. The van der Waals surface area contributed by atoms with E-state index in [1.165, 1.54) is 17.5 Å². The van der Waals surface area contributed by atoms with Gasteiger partial charge in [0.1, 0.15) is 5.75 Å². The average molecular weight is 319 g/mol. The molecule has 0 N–H and O–H groups in total. The van der Waals surface area contributed by atoms with Gasteiger partial charge in [-0.25, -0.2) is 0 Å². The maximum absolute atomic E-state index is 6.03. The number of epoxide rings is 1. The molecule has 0 aliphatic carbocycles. The molecule has 2 nitrogen and oxygen atoms in total. The Balaban J connectivity index is 2.13. The van der Waals surface area contributed by atoms with Crippen LogP contribution in [-0.2, 0) is 4.74 Å². The minimum Gasteiger partial charge on any atom is -0.493 e. The summed E-state index contributed by atoms with van der Waals surface area (Å²) in [5.41, 5.74) is 2.78. The number of rotatable bonds is 9. The van der Waals surface area contributed by atoms with Crippen molar-refractivity contribution in [1.82, 2.24) is 0 Å². The molecule has 2 rings (SSSR count). The van der Waals surface area contributed by atoms with Crippen LogP contribution in [0, 0.1) is 5.92 Å². The summed E-state index contributed by atoms with van der Waals surface area (Å²) >= 11 is 0. The monoisotopic (exact) mass is 318 g/mol. The lowest BCUT2D eigenvalue weighted by Crippen LogP contribution is -2.09. The van der Waals surface area contributed by atoms with E-state index < -0.39 is 0 Å². The molecule has 0 bridgehead atoms. The lowest BCUT2D eigenvalue weighted by atomic mass is 9.88. The van der Waals surface area contributed by atoms with Crippen molar-refractivity contribution >= 4 is 0 Å². The molecule has 3 unspecified atom stereocenters. The van der Waals surface area contributed by atoms with Gasteiger partial charge in [-0.15, -0.1) is 0 Å². The lowest BCUT2D eigenvalue weighted by molar-refractivity contribution is 0.267. The van der Waals surface area contributed by atoms with Gasteiger partial charge in [0, 0.05) is 0 Å². The van der Waals surface area contributed by atoms with E-state index in [1.54, 1.807) is 0 Å². The molecule has 0 radical (unpaired) electrons. The molecule has 0 spiro atoms. The summed E-state index contributed by atoms with van der Waals surface area (Å²) in [6, 6.07) is 6.82. The second-order valence-electron chi connectivity index (χ2n) is 7.62. The highest BCUT2D eigenvalue weighted by atomic mass is 16.6. The third kappa shape index (κ3) is 4.97. The maximum Gasteiger partial charge on any atom is 0.122 e. The first-order valence-electron chi connectivity index (χ1n) is 9.38. The van der Waals surface area contributed by atoms with Gasteiger partial charge in [0.2, 0.25) is 0 Å². The Morgan fingerprint density at radius 1 is 1.09 bits per heavy atom. The molecular formula is C21H34O2. The topological polar surface area (TPSA) is 21.8 Å². The third-order valence-corrected chi connectivity index (χ3v) is 4.80. The normalized spacial score (nSPS) is 21.7. The van der Waals surface area contributed by atoms with Gasteiger partial charge in [-0.2, -0.15) is 0 Å². The van der Waals surface area contributed by atoms with Crippen LogP contribution in [0.4, 0.5) is 0 Å². The summed E-state index contributed by atoms with van der Waals surface area (Å²) < 4.78 is 11.8.